The number of nitrogens with one attached hydrogen (secondary N) is 2. The van der Waals surface area contributed by atoms with Crippen LogP contribution in [0.25, 0.3) is 0 Å². The molecule has 0 saturated carbocycles. The van der Waals surface area contributed by atoms with Crippen LogP contribution in [0, 0.1) is 5.82 Å². The van der Waals surface area contributed by atoms with Crippen molar-refractivity contribution < 1.29 is 23.5 Å². The second kappa shape index (κ2) is 8.93. The van der Waals surface area contributed by atoms with Crippen LogP contribution in [0.15, 0.2) is 41.8 Å². The van der Waals surface area contributed by atoms with E-state index in [-0.39, 0.29) is 18.6 Å². The molecule has 0 aliphatic carbocycles. The number of ether oxygens (including phenoxy) is 1. The molecule has 2 rings (SSSR count). The summed E-state index contributed by atoms with van der Waals surface area (Å²) in [7, 11) is 0. The Morgan fingerprint density at radius 2 is 1.84 bits per heavy atom. The van der Waals surface area contributed by atoms with Gasteiger partial charge in [0.25, 0.3) is 5.91 Å². The standard InChI is InChI=1S/C17H17FN2O4S/c1-11(24-13-6-4-12(18)5-7-13)17(23)20-19-16(22)9-8-14(21)15-3-2-10-25-15/h2-7,10-11H,8-9H2,1H3,(H,19,22)(H,20,23). The molecule has 1 aromatic heterocycles. The van der Waals surface area contributed by atoms with E-state index in [1.54, 1.807) is 17.5 Å². The van der Waals surface area contributed by atoms with E-state index < -0.39 is 23.7 Å². The Balaban J connectivity index is 1.70. The number of hydrogen-bond acceptors (Lipinski definition) is 5. The molecule has 2 N–H and O–H groups in total. The van der Waals surface area contributed by atoms with E-state index in [9.17, 15) is 18.8 Å². The van der Waals surface area contributed by atoms with Crippen LogP contribution in [0.2, 0.25) is 0 Å². The van der Waals surface area contributed by atoms with Crippen molar-refractivity contribution in [2.24, 2.45) is 0 Å². The van der Waals surface area contributed by atoms with Gasteiger partial charge < -0.3 is 4.74 Å². The summed E-state index contributed by atoms with van der Waals surface area (Å²) in [6.45, 7) is 1.49. The van der Waals surface area contributed by atoms with Crippen molar-refractivity contribution in [1.82, 2.24) is 10.9 Å². The number of rotatable bonds is 7. The summed E-state index contributed by atoms with van der Waals surface area (Å²) in [4.78, 5) is 35.9. The molecule has 0 fully saturated rings. The molecule has 0 bridgehead atoms. The van der Waals surface area contributed by atoms with Crippen LogP contribution < -0.4 is 15.6 Å². The average molecular weight is 364 g/mol. The van der Waals surface area contributed by atoms with Gasteiger partial charge in [-0.2, -0.15) is 0 Å². The molecule has 1 atom stereocenters. The molecule has 0 radical (unpaired) electrons. The third-order valence-electron chi connectivity index (χ3n) is 3.20. The second-order valence-electron chi connectivity index (χ2n) is 5.15. The number of amides is 2. The van der Waals surface area contributed by atoms with Crippen molar-refractivity contribution in [3.8, 4) is 5.75 Å². The Morgan fingerprint density at radius 3 is 2.48 bits per heavy atom. The molecule has 0 aliphatic rings. The van der Waals surface area contributed by atoms with Crippen molar-refractivity contribution in [3.05, 3.63) is 52.5 Å². The summed E-state index contributed by atoms with van der Waals surface area (Å²) in [5, 5.41) is 1.79. The van der Waals surface area contributed by atoms with Gasteiger partial charge in [0.1, 0.15) is 11.6 Å². The van der Waals surface area contributed by atoms with Crippen LogP contribution >= 0.6 is 11.3 Å². The minimum atomic E-state index is -0.890. The first-order valence-corrected chi connectivity index (χ1v) is 8.41. The average Bonchev–Trinajstić information content (AvgIpc) is 3.14. The topological polar surface area (TPSA) is 84.5 Å². The smallest absolute Gasteiger partial charge is 0.279 e. The molecule has 6 nitrogen and oxygen atoms in total. The van der Waals surface area contributed by atoms with E-state index in [1.807, 2.05) is 0 Å². The maximum Gasteiger partial charge on any atom is 0.279 e. The fourth-order valence-electron chi connectivity index (χ4n) is 1.85. The SMILES string of the molecule is CC(Oc1ccc(F)cc1)C(=O)NNC(=O)CCC(=O)c1cccs1. The highest BCUT2D eigenvalue weighted by Gasteiger charge is 2.16. The molecule has 0 spiro atoms. The number of ketones is 1. The van der Waals surface area contributed by atoms with E-state index in [1.165, 1.54) is 42.5 Å². The summed E-state index contributed by atoms with van der Waals surface area (Å²) in [6.07, 6.45) is -0.868. The first kappa shape index (κ1) is 18.6. The maximum absolute atomic E-state index is 12.8. The van der Waals surface area contributed by atoms with Gasteiger partial charge in [0.05, 0.1) is 4.88 Å². The number of thiophene rings is 1. The molecule has 1 unspecified atom stereocenters. The van der Waals surface area contributed by atoms with Gasteiger partial charge >= 0.3 is 0 Å². The van der Waals surface area contributed by atoms with Gasteiger partial charge in [0.15, 0.2) is 11.9 Å². The molecule has 8 heteroatoms. The summed E-state index contributed by atoms with van der Waals surface area (Å²) < 4.78 is 18.1. The predicted molar refractivity (Wildman–Crippen MR) is 90.7 cm³/mol. The third kappa shape index (κ3) is 6.00. The lowest BCUT2D eigenvalue weighted by Gasteiger charge is -2.15. The molecule has 2 amide bonds. The maximum atomic E-state index is 12.8. The summed E-state index contributed by atoms with van der Waals surface area (Å²) in [5.74, 6) is -1.25. The molecule has 0 aliphatic heterocycles. The molecular formula is C17H17FN2O4S. The van der Waals surface area contributed by atoms with Crippen LogP contribution in [-0.2, 0) is 9.59 Å². The van der Waals surface area contributed by atoms with Crippen LogP contribution in [0.3, 0.4) is 0 Å². The number of Topliss-reactive ketones (excluding diaryl/α,β-unsaturated/α-hetero) is 1. The van der Waals surface area contributed by atoms with Gasteiger partial charge in [0, 0.05) is 12.8 Å². The molecule has 25 heavy (non-hydrogen) atoms. The number of carbonyl (C=O) groups excluding carboxylic acids is 3. The number of hydrazine groups is 1. The monoisotopic (exact) mass is 364 g/mol. The Kier molecular flexibility index (Phi) is 6.64. The first-order valence-electron chi connectivity index (χ1n) is 7.53. The van der Waals surface area contributed by atoms with Crippen molar-refractivity contribution in [2.45, 2.75) is 25.9 Å². The number of halogens is 1. The highest BCUT2D eigenvalue weighted by molar-refractivity contribution is 7.12. The van der Waals surface area contributed by atoms with Gasteiger partial charge in [-0.15, -0.1) is 11.3 Å². The van der Waals surface area contributed by atoms with Gasteiger partial charge in [-0.1, -0.05) is 6.07 Å². The lowest BCUT2D eigenvalue weighted by Crippen LogP contribution is -2.47. The normalized spacial score (nSPS) is 11.4. The first-order chi connectivity index (χ1) is 12.0. The Morgan fingerprint density at radius 1 is 1.12 bits per heavy atom. The lowest BCUT2D eigenvalue weighted by atomic mass is 10.2. The van der Waals surface area contributed by atoms with E-state index >= 15 is 0 Å². The predicted octanol–water partition coefficient (Wildman–Crippen LogP) is 2.47. The van der Waals surface area contributed by atoms with E-state index in [0.29, 0.717) is 10.6 Å². The van der Waals surface area contributed by atoms with Gasteiger partial charge in [-0.3, -0.25) is 25.2 Å². The minimum Gasteiger partial charge on any atom is -0.481 e. The zero-order valence-corrected chi connectivity index (χ0v) is 14.3. The highest BCUT2D eigenvalue weighted by Crippen LogP contribution is 2.13. The van der Waals surface area contributed by atoms with Crippen LogP contribution in [0.4, 0.5) is 4.39 Å². The summed E-state index contributed by atoms with van der Waals surface area (Å²) >= 11 is 1.32. The largest absolute Gasteiger partial charge is 0.481 e. The summed E-state index contributed by atoms with van der Waals surface area (Å²) in [5.41, 5.74) is 4.46. The van der Waals surface area contributed by atoms with Crippen molar-refractivity contribution in [3.63, 3.8) is 0 Å². The Bertz CT molecular complexity index is 732. The number of carbonyl (C=O) groups is 3. The summed E-state index contributed by atoms with van der Waals surface area (Å²) in [6, 6.07) is 8.68. The zero-order valence-electron chi connectivity index (χ0n) is 13.5. The molecule has 0 saturated heterocycles. The van der Waals surface area contributed by atoms with Gasteiger partial charge in [-0.05, 0) is 42.6 Å². The van der Waals surface area contributed by atoms with Crippen LogP contribution in [-0.4, -0.2) is 23.7 Å². The molecule has 1 heterocycles. The number of benzene rings is 1. The molecule has 132 valence electrons. The number of hydrogen-bond donors (Lipinski definition) is 2. The fraction of sp³-hybridized carbons (Fsp3) is 0.235. The van der Waals surface area contributed by atoms with E-state index in [0.717, 1.165) is 0 Å². The third-order valence-corrected chi connectivity index (χ3v) is 4.11. The van der Waals surface area contributed by atoms with Crippen LogP contribution in [0.1, 0.15) is 29.4 Å². The van der Waals surface area contributed by atoms with Gasteiger partial charge in [-0.25, -0.2) is 4.39 Å². The van der Waals surface area contributed by atoms with E-state index in [4.69, 9.17) is 4.74 Å². The fourth-order valence-corrected chi connectivity index (χ4v) is 2.55. The van der Waals surface area contributed by atoms with Crippen molar-refractivity contribution in [1.29, 1.82) is 0 Å². The molecule has 1 aromatic carbocycles. The molecular weight excluding hydrogens is 347 g/mol. The highest BCUT2D eigenvalue weighted by atomic mass is 32.1. The molecule has 2 aromatic rings. The van der Waals surface area contributed by atoms with Crippen LogP contribution in [0.5, 0.6) is 5.75 Å². The quantitative estimate of drug-likeness (QED) is 0.584. The van der Waals surface area contributed by atoms with Crippen molar-refractivity contribution >= 4 is 28.9 Å². The van der Waals surface area contributed by atoms with Gasteiger partial charge in [0.2, 0.25) is 5.91 Å². The lowest BCUT2D eigenvalue weighted by molar-refractivity contribution is -0.132. The minimum absolute atomic E-state index is 0.0375. The van der Waals surface area contributed by atoms with E-state index in [2.05, 4.69) is 10.9 Å². The Labute approximate surface area is 148 Å². The second-order valence-corrected chi connectivity index (χ2v) is 6.10. The van der Waals surface area contributed by atoms with Crippen molar-refractivity contribution in [2.75, 3.05) is 0 Å². The Hall–Kier alpha value is -2.74. The zero-order chi connectivity index (χ0) is 18.2.